The second-order valence-corrected chi connectivity index (χ2v) is 11.9. The van der Waals surface area contributed by atoms with Gasteiger partial charge in [-0.1, -0.05) is 53.7 Å². The molecule has 0 saturated heterocycles. The van der Waals surface area contributed by atoms with Crippen molar-refractivity contribution in [3.63, 3.8) is 0 Å². The first kappa shape index (κ1) is 22.2. The minimum Gasteiger partial charge on any atom is -0.507 e. The molecule has 31 heavy (non-hydrogen) atoms. The molecule has 2 aliphatic rings. The van der Waals surface area contributed by atoms with Crippen molar-refractivity contribution < 1.29 is 10.2 Å². The largest absolute Gasteiger partial charge is 0.507 e. The molecular weight excluding hydrogens is 380 g/mol. The SMILES string of the molecule is CC(C)(C)c1c(O)c(Cc2cc3c(c(C(C)(C)C)c2O)CCCC3)cc2c1CCCC2. The van der Waals surface area contributed by atoms with Crippen molar-refractivity contribution in [3.05, 3.63) is 56.6 Å². The number of benzene rings is 2. The lowest BCUT2D eigenvalue weighted by Gasteiger charge is -2.31. The van der Waals surface area contributed by atoms with Crippen molar-refractivity contribution in [1.82, 2.24) is 0 Å². The van der Waals surface area contributed by atoms with E-state index in [4.69, 9.17) is 0 Å². The molecule has 2 nitrogen and oxygen atoms in total. The van der Waals surface area contributed by atoms with Gasteiger partial charge in [0.2, 0.25) is 0 Å². The molecule has 2 N–H and O–H groups in total. The van der Waals surface area contributed by atoms with E-state index in [2.05, 4.69) is 53.7 Å². The number of aromatic hydroxyl groups is 2. The maximum atomic E-state index is 11.4. The number of phenols is 2. The van der Waals surface area contributed by atoms with Gasteiger partial charge in [-0.3, -0.25) is 0 Å². The summed E-state index contributed by atoms with van der Waals surface area (Å²) >= 11 is 0. The summed E-state index contributed by atoms with van der Waals surface area (Å²) in [7, 11) is 0. The Morgan fingerprint density at radius 3 is 1.32 bits per heavy atom. The summed E-state index contributed by atoms with van der Waals surface area (Å²) in [5, 5.41) is 22.8. The van der Waals surface area contributed by atoms with Crippen LogP contribution in [0.5, 0.6) is 11.5 Å². The van der Waals surface area contributed by atoms with Crippen molar-refractivity contribution in [3.8, 4) is 11.5 Å². The molecule has 0 fully saturated rings. The molecule has 0 amide bonds. The Kier molecular flexibility index (Phi) is 5.65. The van der Waals surface area contributed by atoms with E-state index in [0.29, 0.717) is 17.9 Å². The summed E-state index contributed by atoms with van der Waals surface area (Å²) in [6, 6.07) is 4.46. The average Bonchev–Trinajstić information content (AvgIpc) is 2.67. The van der Waals surface area contributed by atoms with Crippen LogP contribution in [0, 0.1) is 0 Å². The van der Waals surface area contributed by atoms with Crippen molar-refractivity contribution in [2.24, 2.45) is 0 Å². The van der Waals surface area contributed by atoms with Gasteiger partial charge in [-0.2, -0.15) is 0 Å². The van der Waals surface area contributed by atoms with Gasteiger partial charge in [0.05, 0.1) is 0 Å². The summed E-state index contributed by atoms with van der Waals surface area (Å²) in [6.07, 6.45) is 9.75. The highest BCUT2D eigenvalue weighted by Crippen LogP contribution is 2.45. The van der Waals surface area contributed by atoms with Crippen LogP contribution in [0.25, 0.3) is 0 Å². The van der Waals surface area contributed by atoms with E-state index >= 15 is 0 Å². The number of hydrogen-bond donors (Lipinski definition) is 2. The molecule has 168 valence electrons. The second-order valence-electron chi connectivity index (χ2n) is 11.9. The van der Waals surface area contributed by atoms with Crippen LogP contribution >= 0.6 is 0 Å². The van der Waals surface area contributed by atoms with Gasteiger partial charge in [0.1, 0.15) is 11.5 Å². The normalized spacial score (nSPS) is 16.7. The highest BCUT2D eigenvalue weighted by Gasteiger charge is 2.30. The standard InChI is InChI=1S/C29H40O2/c1-28(2,3)24-22-13-9-7-11-18(22)15-20(26(24)30)17-21-16-19-12-8-10-14-23(19)25(27(21)31)29(4,5)6/h15-16,30-31H,7-14,17H2,1-6H3. The number of rotatable bonds is 2. The van der Waals surface area contributed by atoms with Gasteiger partial charge in [0.15, 0.2) is 0 Å². The van der Waals surface area contributed by atoms with Crippen LogP contribution in [0.4, 0.5) is 0 Å². The minimum atomic E-state index is -0.101. The van der Waals surface area contributed by atoms with Crippen molar-refractivity contribution in [2.45, 2.75) is 110 Å². The van der Waals surface area contributed by atoms with E-state index in [1.54, 1.807) is 0 Å². The molecule has 0 radical (unpaired) electrons. The Bertz CT molecular complexity index is 918. The fraction of sp³-hybridized carbons (Fsp3) is 0.586. The molecule has 0 unspecified atom stereocenters. The molecule has 0 spiro atoms. The Morgan fingerprint density at radius 1 is 0.613 bits per heavy atom. The third kappa shape index (κ3) is 4.11. The molecule has 4 rings (SSSR count). The molecule has 0 aliphatic heterocycles. The molecule has 0 aromatic heterocycles. The quantitative estimate of drug-likeness (QED) is 0.547. The van der Waals surface area contributed by atoms with Gasteiger partial charge in [-0.15, -0.1) is 0 Å². The number of fused-ring (bicyclic) bond motifs is 2. The lowest BCUT2D eigenvalue weighted by Crippen LogP contribution is -2.20. The smallest absolute Gasteiger partial charge is 0.123 e. The Balaban J connectivity index is 1.87. The number of phenolic OH excluding ortho intramolecular Hbond substituents is 2. The summed E-state index contributed by atoms with van der Waals surface area (Å²) in [6.45, 7) is 13.2. The fourth-order valence-electron chi connectivity index (χ4n) is 6.00. The molecule has 2 aromatic rings. The summed E-state index contributed by atoms with van der Waals surface area (Å²) in [5.41, 5.74) is 9.51. The van der Waals surface area contributed by atoms with Gasteiger partial charge in [-0.05, 0) is 95.6 Å². The first-order valence-electron chi connectivity index (χ1n) is 12.2. The molecule has 0 saturated carbocycles. The van der Waals surface area contributed by atoms with E-state index < -0.39 is 0 Å². The van der Waals surface area contributed by atoms with Crippen LogP contribution in [0.3, 0.4) is 0 Å². The molecule has 0 bridgehead atoms. The van der Waals surface area contributed by atoms with Crippen LogP contribution in [0.15, 0.2) is 12.1 Å². The zero-order valence-electron chi connectivity index (χ0n) is 20.4. The van der Waals surface area contributed by atoms with Crippen LogP contribution in [0.1, 0.15) is 112 Å². The minimum absolute atomic E-state index is 0.101. The summed E-state index contributed by atoms with van der Waals surface area (Å²) in [4.78, 5) is 0. The zero-order chi connectivity index (χ0) is 22.6. The maximum Gasteiger partial charge on any atom is 0.123 e. The monoisotopic (exact) mass is 420 g/mol. The van der Waals surface area contributed by atoms with Gasteiger partial charge < -0.3 is 10.2 Å². The highest BCUT2D eigenvalue weighted by molar-refractivity contribution is 5.59. The Morgan fingerprint density at radius 2 is 0.968 bits per heavy atom. The predicted octanol–water partition coefficient (Wildman–Crippen LogP) is 7.04. The first-order valence-corrected chi connectivity index (χ1v) is 12.2. The third-order valence-corrected chi connectivity index (χ3v) is 7.28. The summed E-state index contributed by atoms with van der Waals surface area (Å²) in [5.74, 6) is 0.894. The van der Waals surface area contributed by atoms with Crippen LogP contribution in [-0.4, -0.2) is 10.2 Å². The Labute approximate surface area is 188 Å². The molecule has 2 aromatic carbocycles. The zero-order valence-corrected chi connectivity index (χ0v) is 20.4. The third-order valence-electron chi connectivity index (χ3n) is 7.28. The molecular formula is C29H40O2. The van der Waals surface area contributed by atoms with E-state index in [1.165, 1.54) is 47.9 Å². The van der Waals surface area contributed by atoms with E-state index in [0.717, 1.165) is 47.9 Å². The van der Waals surface area contributed by atoms with Gasteiger partial charge >= 0.3 is 0 Å². The maximum absolute atomic E-state index is 11.4. The summed E-state index contributed by atoms with van der Waals surface area (Å²) < 4.78 is 0. The van der Waals surface area contributed by atoms with Gasteiger partial charge in [0, 0.05) is 17.5 Å². The van der Waals surface area contributed by atoms with Gasteiger partial charge in [0.25, 0.3) is 0 Å². The van der Waals surface area contributed by atoms with E-state index in [-0.39, 0.29) is 10.8 Å². The van der Waals surface area contributed by atoms with E-state index in [9.17, 15) is 10.2 Å². The van der Waals surface area contributed by atoms with E-state index in [1.807, 2.05) is 0 Å². The lowest BCUT2D eigenvalue weighted by atomic mass is 9.74. The topological polar surface area (TPSA) is 40.5 Å². The Hall–Kier alpha value is -1.96. The number of aryl methyl sites for hydroxylation is 2. The predicted molar refractivity (Wildman–Crippen MR) is 130 cm³/mol. The van der Waals surface area contributed by atoms with Crippen molar-refractivity contribution in [2.75, 3.05) is 0 Å². The van der Waals surface area contributed by atoms with Crippen LogP contribution in [0.2, 0.25) is 0 Å². The van der Waals surface area contributed by atoms with Crippen LogP contribution < -0.4 is 0 Å². The average molecular weight is 421 g/mol. The van der Waals surface area contributed by atoms with Gasteiger partial charge in [-0.25, -0.2) is 0 Å². The van der Waals surface area contributed by atoms with Crippen molar-refractivity contribution >= 4 is 0 Å². The van der Waals surface area contributed by atoms with Crippen molar-refractivity contribution in [1.29, 1.82) is 0 Å². The first-order chi connectivity index (χ1) is 14.5. The molecule has 0 atom stereocenters. The second kappa shape index (κ2) is 7.87. The molecule has 2 aliphatic carbocycles. The fourth-order valence-corrected chi connectivity index (χ4v) is 6.00. The molecule has 2 heteroatoms. The molecule has 0 heterocycles. The van der Waals surface area contributed by atoms with Crippen LogP contribution in [-0.2, 0) is 42.9 Å². The number of hydrogen-bond acceptors (Lipinski definition) is 2. The lowest BCUT2D eigenvalue weighted by molar-refractivity contribution is 0.430. The highest BCUT2D eigenvalue weighted by atomic mass is 16.3.